The standard InChI is InChI=1S/C12H18BrNS/c1-11(10-13)14(2)8-9-15-12-6-4-3-5-7-12/h3-7,11H,8-10H2,1-2H3. The van der Waals surface area contributed by atoms with Gasteiger partial charge in [-0.15, -0.1) is 11.8 Å². The summed E-state index contributed by atoms with van der Waals surface area (Å²) in [4.78, 5) is 3.74. The number of alkyl halides is 1. The summed E-state index contributed by atoms with van der Waals surface area (Å²) in [6.45, 7) is 3.37. The van der Waals surface area contributed by atoms with E-state index in [0.717, 1.165) is 17.6 Å². The van der Waals surface area contributed by atoms with Crippen molar-refractivity contribution in [2.24, 2.45) is 0 Å². The first-order chi connectivity index (χ1) is 7.24. The number of hydrogen-bond donors (Lipinski definition) is 0. The Kier molecular flexibility index (Phi) is 6.37. The minimum Gasteiger partial charge on any atom is -0.302 e. The van der Waals surface area contributed by atoms with Crippen molar-refractivity contribution in [1.82, 2.24) is 4.90 Å². The predicted octanol–water partition coefficient (Wildman–Crippen LogP) is 3.49. The molecule has 0 aliphatic heterocycles. The molecular weight excluding hydrogens is 270 g/mol. The van der Waals surface area contributed by atoms with Gasteiger partial charge in [0.25, 0.3) is 0 Å². The highest BCUT2D eigenvalue weighted by Gasteiger charge is 2.06. The summed E-state index contributed by atoms with van der Waals surface area (Å²) in [5, 5.41) is 1.04. The van der Waals surface area contributed by atoms with Gasteiger partial charge in [0.15, 0.2) is 0 Å². The molecule has 1 rings (SSSR count). The molecule has 0 saturated heterocycles. The van der Waals surface area contributed by atoms with E-state index < -0.39 is 0 Å². The van der Waals surface area contributed by atoms with Crippen LogP contribution in [0.25, 0.3) is 0 Å². The van der Waals surface area contributed by atoms with E-state index in [0.29, 0.717) is 6.04 Å². The molecule has 0 heterocycles. The fraction of sp³-hybridized carbons (Fsp3) is 0.500. The molecule has 0 saturated carbocycles. The lowest BCUT2D eigenvalue weighted by Gasteiger charge is -2.22. The Labute approximate surface area is 105 Å². The maximum Gasteiger partial charge on any atom is 0.0185 e. The van der Waals surface area contributed by atoms with Crippen molar-refractivity contribution in [2.75, 3.05) is 24.7 Å². The Morgan fingerprint density at radius 1 is 1.33 bits per heavy atom. The number of thioether (sulfide) groups is 1. The van der Waals surface area contributed by atoms with Crippen LogP contribution in [0.4, 0.5) is 0 Å². The number of benzene rings is 1. The molecule has 0 spiro atoms. The summed E-state index contributed by atoms with van der Waals surface area (Å²) >= 11 is 5.42. The molecule has 1 aromatic carbocycles. The summed E-state index contributed by atoms with van der Waals surface area (Å²) in [6.07, 6.45) is 0. The first kappa shape index (κ1) is 13.1. The van der Waals surface area contributed by atoms with Crippen molar-refractivity contribution in [2.45, 2.75) is 17.9 Å². The number of halogens is 1. The summed E-state index contributed by atoms with van der Waals surface area (Å²) < 4.78 is 0. The third-order valence-corrected chi connectivity index (χ3v) is 4.36. The average Bonchev–Trinajstić information content (AvgIpc) is 2.29. The third-order valence-electron chi connectivity index (χ3n) is 2.43. The minimum absolute atomic E-state index is 0.612. The molecule has 0 aliphatic rings. The molecule has 15 heavy (non-hydrogen) atoms. The lowest BCUT2D eigenvalue weighted by molar-refractivity contribution is 0.296. The zero-order valence-electron chi connectivity index (χ0n) is 9.32. The van der Waals surface area contributed by atoms with Gasteiger partial charge in [0, 0.05) is 28.6 Å². The number of nitrogens with zero attached hydrogens (tertiary/aromatic N) is 1. The van der Waals surface area contributed by atoms with E-state index in [4.69, 9.17) is 0 Å². The molecular formula is C12H18BrNS. The second kappa shape index (κ2) is 7.31. The van der Waals surface area contributed by atoms with E-state index in [9.17, 15) is 0 Å². The Morgan fingerprint density at radius 2 is 2.00 bits per heavy atom. The van der Waals surface area contributed by atoms with Crippen molar-refractivity contribution >= 4 is 27.7 Å². The van der Waals surface area contributed by atoms with Crippen LogP contribution in [-0.4, -0.2) is 35.6 Å². The Bertz CT molecular complexity index is 266. The van der Waals surface area contributed by atoms with Gasteiger partial charge in [-0.3, -0.25) is 0 Å². The SMILES string of the molecule is CC(CBr)N(C)CCSc1ccccc1. The van der Waals surface area contributed by atoms with Crippen LogP contribution < -0.4 is 0 Å². The van der Waals surface area contributed by atoms with Crippen LogP contribution in [0.3, 0.4) is 0 Å². The van der Waals surface area contributed by atoms with Crippen molar-refractivity contribution in [3.63, 3.8) is 0 Å². The van der Waals surface area contributed by atoms with Crippen LogP contribution in [0.15, 0.2) is 35.2 Å². The van der Waals surface area contributed by atoms with Crippen molar-refractivity contribution in [3.8, 4) is 0 Å². The molecule has 0 aliphatic carbocycles. The summed E-state index contributed by atoms with van der Waals surface area (Å²) in [6, 6.07) is 11.2. The van der Waals surface area contributed by atoms with E-state index in [1.54, 1.807) is 0 Å². The highest BCUT2D eigenvalue weighted by atomic mass is 79.9. The Hall–Kier alpha value is 0.0100. The highest BCUT2D eigenvalue weighted by molar-refractivity contribution is 9.09. The topological polar surface area (TPSA) is 3.24 Å². The van der Waals surface area contributed by atoms with Gasteiger partial charge in [-0.2, -0.15) is 0 Å². The monoisotopic (exact) mass is 287 g/mol. The molecule has 3 heteroatoms. The normalized spacial score (nSPS) is 13.1. The zero-order chi connectivity index (χ0) is 11.1. The molecule has 0 aromatic heterocycles. The van der Waals surface area contributed by atoms with Crippen LogP contribution in [0.5, 0.6) is 0 Å². The van der Waals surface area contributed by atoms with Gasteiger partial charge in [0.1, 0.15) is 0 Å². The number of rotatable bonds is 6. The smallest absolute Gasteiger partial charge is 0.0185 e. The molecule has 0 fully saturated rings. The first-order valence-electron chi connectivity index (χ1n) is 5.18. The molecule has 0 bridgehead atoms. The third kappa shape index (κ3) is 5.05. The van der Waals surface area contributed by atoms with E-state index >= 15 is 0 Å². The van der Waals surface area contributed by atoms with Gasteiger partial charge in [0.05, 0.1) is 0 Å². The second-order valence-corrected chi connectivity index (χ2v) is 5.46. The van der Waals surface area contributed by atoms with Crippen LogP contribution >= 0.6 is 27.7 Å². The molecule has 1 nitrogen and oxygen atoms in total. The molecule has 84 valence electrons. The number of hydrogen-bond acceptors (Lipinski definition) is 2. The van der Waals surface area contributed by atoms with Crippen molar-refractivity contribution in [1.29, 1.82) is 0 Å². The largest absolute Gasteiger partial charge is 0.302 e. The lowest BCUT2D eigenvalue weighted by atomic mass is 10.3. The van der Waals surface area contributed by atoms with Crippen molar-refractivity contribution in [3.05, 3.63) is 30.3 Å². The zero-order valence-corrected chi connectivity index (χ0v) is 11.7. The molecule has 1 aromatic rings. The van der Waals surface area contributed by atoms with Gasteiger partial charge < -0.3 is 4.90 Å². The second-order valence-electron chi connectivity index (χ2n) is 3.65. The minimum atomic E-state index is 0.612. The maximum atomic E-state index is 3.50. The Balaban J connectivity index is 2.22. The molecule has 0 N–H and O–H groups in total. The fourth-order valence-electron chi connectivity index (χ4n) is 1.16. The van der Waals surface area contributed by atoms with Gasteiger partial charge in [0.2, 0.25) is 0 Å². The van der Waals surface area contributed by atoms with Crippen LogP contribution in [-0.2, 0) is 0 Å². The fourth-order valence-corrected chi connectivity index (χ4v) is 2.62. The van der Waals surface area contributed by atoms with Crippen LogP contribution in [0, 0.1) is 0 Å². The first-order valence-corrected chi connectivity index (χ1v) is 7.29. The highest BCUT2D eigenvalue weighted by Crippen LogP contribution is 2.16. The summed E-state index contributed by atoms with van der Waals surface area (Å²) in [5.74, 6) is 1.15. The van der Waals surface area contributed by atoms with E-state index in [2.05, 4.69) is 65.1 Å². The van der Waals surface area contributed by atoms with Crippen LogP contribution in [0.2, 0.25) is 0 Å². The van der Waals surface area contributed by atoms with Crippen molar-refractivity contribution < 1.29 is 0 Å². The van der Waals surface area contributed by atoms with E-state index in [-0.39, 0.29) is 0 Å². The van der Waals surface area contributed by atoms with E-state index in [1.807, 2.05) is 11.8 Å². The van der Waals surface area contributed by atoms with Gasteiger partial charge in [-0.05, 0) is 26.1 Å². The Morgan fingerprint density at radius 3 is 2.60 bits per heavy atom. The summed E-state index contributed by atoms with van der Waals surface area (Å²) in [7, 11) is 2.18. The molecule has 1 atom stereocenters. The molecule has 0 radical (unpaired) electrons. The predicted molar refractivity (Wildman–Crippen MR) is 73.1 cm³/mol. The van der Waals surface area contributed by atoms with Gasteiger partial charge in [-0.25, -0.2) is 0 Å². The average molecular weight is 288 g/mol. The van der Waals surface area contributed by atoms with Gasteiger partial charge >= 0.3 is 0 Å². The maximum absolute atomic E-state index is 3.50. The summed E-state index contributed by atoms with van der Waals surface area (Å²) in [5.41, 5.74) is 0. The van der Waals surface area contributed by atoms with Crippen LogP contribution in [0.1, 0.15) is 6.92 Å². The van der Waals surface area contributed by atoms with E-state index in [1.165, 1.54) is 4.90 Å². The molecule has 1 unspecified atom stereocenters. The van der Waals surface area contributed by atoms with Gasteiger partial charge in [-0.1, -0.05) is 34.1 Å². The quantitative estimate of drug-likeness (QED) is 0.582. The lowest BCUT2D eigenvalue weighted by Crippen LogP contribution is -2.32. The molecule has 0 amide bonds.